The molecule has 1 aliphatic heterocycles. The largest absolute Gasteiger partial charge is 0.469 e. The third-order valence-electron chi connectivity index (χ3n) is 6.76. The van der Waals surface area contributed by atoms with Crippen LogP contribution in [0.3, 0.4) is 0 Å². The third-order valence-corrected chi connectivity index (χ3v) is 7.12. The van der Waals surface area contributed by atoms with Crippen molar-refractivity contribution < 1.29 is 9.53 Å². The number of methoxy groups -OCH3 is 1. The van der Waals surface area contributed by atoms with Gasteiger partial charge in [0.05, 0.1) is 31.3 Å². The van der Waals surface area contributed by atoms with Crippen LogP contribution in [0.1, 0.15) is 79.3 Å². The molecule has 3 heterocycles. The number of hydrogen-bond acceptors (Lipinski definition) is 4. The maximum atomic E-state index is 11.9. The smallest absolute Gasteiger partial charge is 0.307 e. The SMILES string of the molecule is COC(=O)CCN1C(=S)N[C@@H](c2ccccn2)[C@H]1c1cc(C)n(C2CCCCC2)c1C. The van der Waals surface area contributed by atoms with E-state index >= 15 is 0 Å². The minimum atomic E-state index is -0.226. The van der Waals surface area contributed by atoms with Gasteiger partial charge in [0.25, 0.3) is 0 Å². The van der Waals surface area contributed by atoms with Gasteiger partial charge in [0, 0.05) is 30.2 Å². The van der Waals surface area contributed by atoms with Crippen LogP contribution in [0.4, 0.5) is 0 Å². The molecule has 0 unspecified atom stereocenters. The second-order valence-electron chi connectivity index (χ2n) is 8.63. The van der Waals surface area contributed by atoms with Gasteiger partial charge in [-0.25, -0.2) is 0 Å². The van der Waals surface area contributed by atoms with E-state index in [1.807, 2.05) is 24.4 Å². The number of rotatable bonds is 6. The van der Waals surface area contributed by atoms with Gasteiger partial charge >= 0.3 is 5.97 Å². The topological polar surface area (TPSA) is 59.4 Å². The first-order valence-corrected chi connectivity index (χ1v) is 11.6. The quantitative estimate of drug-likeness (QED) is 0.526. The Labute approximate surface area is 190 Å². The predicted octanol–water partition coefficient (Wildman–Crippen LogP) is 4.54. The summed E-state index contributed by atoms with van der Waals surface area (Å²) in [6.07, 6.45) is 8.54. The van der Waals surface area contributed by atoms with Gasteiger partial charge in [0.15, 0.2) is 5.11 Å². The summed E-state index contributed by atoms with van der Waals surface area (Å²) in [5.41, 5.74) is 4.81. The number of nitrogens with one attached hydrogen (secondary N) is 1. The molecule has 0 amide bonds. The zero-order valence-electron chi connectivity index (χ0n) is 18.6. The predicted molar refractivity (Wildman–Crippen MR) is 125 cm³/mol. The lowest BCUT2D eigenvalue weighted by molar-refractivity contribution is -0.140. The van der Waals surface area contributed by atoms with Crippen LogP contribution in [0, 0.1) is 13.8 Å². The maximum Gasteiger partial charge on any atom is 0.307 e. The van der Waals surface area contributed by atoms with Crippen LogP contribution in [0.25, 0.3) is 0 Å². The normalized spacial score (nSPS) is 21.9. The van der Waals surface area contributed by atoms with Crippen LogP contribution in [0.15, 0.2) is 30.5 Å². The van der Waals surface area contributed by atoms with Gasteiger partial charge in [-0.15, -0.1) is 0 Å². The average Bonchev–Trinajstić information content (AvgIpc) is 3.28. The van der Waals surface area contributed by atoms with Crippen molar-refractivity contribution in [1.82, 2.24) is 19.8 Å². The molecule has 2 aromatic rings. The number of ether oxygens (including phenoxy) is 1. The van der Waals surface area contributed by atoms with E-state index in [0.29, 0.717) is 24.1 Å². The number of carbonyl (C=O) groups is 1. The van der Waals surface area contributed by atoms with Crippen molar-refractivity contribution in [3.63, 3.8) is 0 Å². The van der Waals surface area contributed by atoms with E-state index in [-0.39, 0.29) is 18.1 Å². The zero-order valence-corrected chi connectivity index (χ0v) is 19.5. The van der Waals surface area contributed by atoms with Gasteiger partial charge in [-0.3, -0.25) is 9.78 Å². The van der Waals surface area contributed by atoms with Gasteiger partial charge in [-0.2, -0.15) is 0 Å². The van der Waals surface area contributed by atoms with Crippen LogP contribution in [0.5, 0.6) is 0 Å². The number of carbonyl (C=O) groups excluding carboxylic acids is 1. The van der Waals surface area contributed by atoms with Crippen molar-refractivity contribution in [3.8, 4) is 0 Å². The highest BCUT2D eigenvalue weighted by Crippen LogP contribution is 2.42. The number of hydrogen-bond donors (Lipinski definition) is 1. The average molecular weight is 441 g/mol. The zero-order chi connectivity index (χ0) is 22.0. The van der Waals surface area contributed by atoms with E-state index in [2.05, 4.69) is 39.7 Å². The Balaban J connectivity index is 1.73. The van der Waals surface area contributed by atoms with Crippen molar-refractivity contribution in [1.29, 1.82) is 0 Å². The maximum absolute atomic E-state index is 11.9. The highest BCUT2D eigenvalue weighted by molar-refractivity contribution is 7.80. The molecule has 1 aliphatic carbocycles. The standard InChI is InChI=1S/C24H32N4O2S/c1-16-15-19(17(2)28(16)18-9-5-4-6-10-18)23-22(20-11-7-8-13-25-20)26-24(31)27(23)14-12-21(29)30-3/h7-8,11,13,15,18,22-23H,4-6,9-10,12,14H2,1-3H3,(H,26,31)/t22-,23+/m0/s1. The summed E-state index contributed by atoms with van der Waals surface area (Å²) in [4.78, 5) is 18.6. The highest BCUT2D eigenvalue weighted by Gasteiger charge is 2.41. The van der Waals surface area contributed by atoms with E-state index in [4.69, 9.17) is 17.0 Å². The molecule has 0 spiro atoms. The van der Waals surface area contributed by atoms with Gasteiger partial charge in [-0.05, 0) is 62.7 Å². The molecule has 0 aromatic carbocycles. The molecule has 2 aliphatic rings. The highest BCUT2D eigenvalue weighted by atomic mass is 32.1. The molecule has 2 aromatic heterocycles. The molecular weight excluding hydrogens is 408 g/mol. The number of aromatic nitrogens is 2. The molecule has 1 saturated carbocycles. The Morgan fingerprint density at radius 3 is 2.71 bits per heavy atom. The van der Waals surface area contributed by atoms with Crippen molar-refractivity contribution in [3.05, 3.63) is 53.1 Å². The number of nitrogens with zero attached hydrogens (tertiary/aromatic N) is 3. The Morgan fingerprint density at radius 1 is 1.26 bits per heavy atom. The molecule has 1 saturated heterocycles. The summed E-state index contributed by atoms with van der Waals surface area (Å²) < 4.78 is 7.41. The monoisotopic (exact) mass is 440 g/mol. The second kappa shape index (κ2) is 9.39. The lowest BCUT2D eigenvalue weighted by Crippen LogP contribution is -2.32. The summed E-state index contributed by atoms with van der Waals surface area (Å²) in [7, 11) is 1.43. The first-order chi connectivity index (χ1) is 15.0. The molecule has 166 valence electrons. The fourth-order valence-corrected chi connectivity index (χ4v) is 5.63. The van der Waals surface area contributed by atoms with Gasteiger partial charge < -0.3 is 19.5 Å². The number of aryl methyl sites for hydroxylation is 1. The Kier molecular flexibility index (Phi) is 6.60. The van der Waals surface area contributed by atoms with Crippen LogP contribution in [0.2, 0.25) is 0 Å². The van der Waals surface area contributed by atoms with Crippen molar-refractivity contribution in [2.75, 3.05) is 13.7 Å². The fourth-order valence-electron chi connectivity index (χ4n) is 5.30. The molecule has 2 atom stereocenters. The Morgan fingerprint density at radius 2 is 2.03 bits per heavy atom. The minimum absolute atomic E-state index is 0.0180. The van der Waals surface area contributed by atoms with Crippen LogP contribution < -0.4 is 5.32 Å². The van der Waals surface area contributed by atoms with Crippen LogP contribution in [-0.2, 0) is 9.53 Å². The first kappa shape index (κ1) is 21.8. The number of esters is 1. The molecular formula is C24H32N4O2S. The number of pyridine rings is 1. The third kappa shape index (κ3) is 4.33. The molecule has 4 rings (SSSR count). The summed E-state index contributed by atoms with van der Waals surface area (Å²) in [6, 6.07) is 8.77. The molecule has 0 bridgehead atoms. The van der Waals surface area contributed by atoms with E-state index in [0.717, 1.165) is 5.69 Å². The molecule has 1 N–H and O–H groups in total. The minimum Gasteiger partial charge on any atom is -0.469 e. The number of thiocarbonyl (C=S) groups is 1. The lowest BCUT2D eigenvalue weighted by Gasteiger charge is -2.29. The molecule has 7 heteroatoms. The molecule has 6 nitrogen and oxygen atoms in total. The Bertz CT molecular complexity index is 937. The van der Waals surface area contributed by atoms with Gasteiger partial charge in [0.2, 0.25) is 0 Å². The molecule has 31 heavy (non-hydrogen) atoms. The molecule has 0 radical (unpaired) electrons. The first-order valence-electron chi connectivity index (χ1n) is 11.2. The summed E-state index contributed by atoms with van der Waals surface area (Å²) in [5.74, 6) is -0.226. The van der Waals surface area contributed by atoms with Crippen LogP contribution in [-0.4, -0.2) is 39.2 Å². The molecule has 2 fully saturated rings. The van der Waals surface area contributed by atoms with Gasteiger partial charge in [0.1, 0.15) is 0 Å². The van der Waals surface area contributed by atoms with Gasteiger partial charge in [-0.1, -0.05) is 25.3 Å². The lowest BCUT2D eigenvalue weighted by atomic mass is 9.94. The van der Waals surface area contributed by atoms with E-state index in [9.17, 15) is 4.79 Å². The van der Waals surface area contributed by atoms with E-state index < -0.39 is 0 Å². The summed E-state index contributed by atoms with van der Waals surface area (Å²) in [6.45, 7) is 4.95. The Hall–Kier alpha value is -2.41. The fraction of sp³-hybridized carbons (Fsp3) is 0.542. The van der Waals surface area contributed by atoms with E-state index in [1.54, 1.807) is 0 Å². The van der Waals surface area contributed by atoms with Crippen molar-refractivity contribution >= 4 is 23.3 Å². The summed E-state index contributed by atoms with van der Waals surface area (Å²) >= 11 is 5.72. The van der Waals surface area contributed by atoms with Crippen molar-refractivity contribution in [2.24, 2.45) is 0 Å². The van der Waals surface area contributed by atoms with Crippen molar-refractivity contribution in [2.45, 2.75) is 70.5 Å². The van der Waals surface area contributed by atoms with E-state index in [1.165, 1.54) is 56.2 Å². The second-order valence-corrected chi connectivity index (χ2v) is 9.02. The van der Waals surface area contributed by atoms with Crippen LogP contribution >= 0.6 is 12.2 Å². The summed E-state index contributed by atoms with van der Waals surface area (Å²) in [5, 5.41) is 4.14.